The standard InChI is InChI=1S/C17H20N6O3S2/c1-5-9(13(25)20-17-22-21-14(28-17)7(2)3)23-6-19-15-10(16(23)26)8(4)11(27-15)12(18)24/h6-7,9H,5H2,1-4H3,(H2,18,24)(H,20,22,25). The molecule has 28 heavy (non-hydrogen) atoms. The second-order valence-corrected chi connectivity index (χ2v) is 8.58. The number of anilines is 1. The maximum Gasteiger partial charge on any atom is 0.263 e. The lowest BCUT2D eigenvalue weighted by molar-refractivity contribution is -0.119. The number of aromatic nitrogens is 4. The number of aryl methyl sites for hydroxylation is 1. The van der Waals surface area contributed by atoms with Crippen LogP contribution in [0.4, 0.5) is 5.13 Å². The molecule has 0 saturated carbocycles. The van der Waals surface area contributed by atoms with Gasteiger partial charge in [-0.15, -0.1) is 21.5 Å². The zero-order valence-corrected chi connectivity index (χ0v) is 17.5. The second-order valence-electron chi connectivity index (χ2n) is 6.57. The van der Waals surface area contributed by atoms with E-state index in [0.717, 1.165) is 16.3 Å². The molecule has 0 aliphatic heterocycles. The Labute approximate surface area is 168 Å². The van der Waals surface area contributed by atoms with E-state index in [9.17, 15) is 14.4 Å². The molecule has 1 unspecified atom stereocenters. The number of primary amides is 1. The van der Waals surface area contributed by atoms with Crippen molar-refractivity contribution in [3.05, 3.63) is 32.1 Å². The molecule has 0 saturated heterocycles. The highest BCUT2D eigenvalue weighted by Gasteiger charge is 2.25. The zero-order valence-electron chi connectivity index (χ0n) is 15.8. The Morgan fingerprint density at radius 3 is 2.57 bits per heavy atom. The number of rotatable bonds is 6. The van der Waals surface area contributed by atoms with Crippen LogP contribution in [0.15, 0.2) is 11.1 Å². The molecule has 0 radical (unpaired) electrons. The van der Waals surface area contributed by atoms with Crippen molar-refractivity contribution in [3.63, 3.8) is 0 Å². The summed E-state index contributed by atoms with van der Waals surface area (Å²) in [5.74, 6) is -0.769. The van der Waals surface area contributed by atoms with Crippen molar-refractivity contribution in [1.29, 1.82) is 0 Å². The van der Waals surface area contributed by atoms with Crippen molar-refractivity contribution in [2.24, 2.45) is 5.73 Å². The third kappa shape index (κ3) is 3.54. The van der Waals surface area contributed by atoms with Crippen molar-refractivity contribution in [2.75, 3.05) is 5.32 Å². The summed E-state index contributed by atoms with van der Waals surface area (Å²) >= 11 is 2.38. The van der Waals surface area contributed by atoms with Gasteiger partial charge in [-0.1, -0.05) is 32.1 Å². The molecule has 0 aliphatic carbocycles. The van der Waals surface area contributed by atoms with Crippen LogP contribution in [-0.4, -0.2) is 31.6 Å². The van der Waals surface area contributed by atoms with Gasteiger partial charge in [0.25, 0.3) is 11.5 Å². The van der Waals surface area contributed by atoms with Crippen LogP contribution in [0.3, 0.4) is 0 Å². The SMILES string of the molecule is CCC(C(=O)Nc1nnc(C(C)C)s1)n1cnc2sc(C(N)=O)c(C)c2c1=O. The Bertz CT molecular complexity index is 1110. The molecule has 148 valence electrons. The summed E-state index contributed by atoms with van der Waals surface area (Å²) in [4.78, 5) is 42.3. The van der Waals surface area contributed by atoms with E-state index >= 15 is 0 Å². The summed E-state index contributed by atoms with van der Waals surface area (Å²) in [5.41, 5.74) is 5.47. The predicted molar refractivity (Wildman–Crippen MR) is 109 cm³/mol. The van der Waals surface area contributed by atoms with Gasteiger partial charge < -0.3 is 5.73 Å². The third-order valence-corrected chi connectivity index (χ3v) is 6.64. The molecule has 2 amide bonds. The van der Waals surface area contributed by atoms with Crippen LogP contribution in [0, 0.1) is 6.92 Å². The number of carbonyl (C=O) groups excluding carboxylic acids is 2. The maximum atomic E-state index is 13.0. The average Bonchev–Trinajstić information content (AvgIpc) is 3.22. The van der Waals surface area contributed by atoms with Crippen molar-refractivity contribution in [3.8, 4) is 0 Å². The summed E-state index contributed by atoms with van der Waals surface area (Å²) < 4.78 is 1.28. The van der Waals surface area contributed by atoms with Gasteiger partial charge in [0.15, 0.2) is 0 Å². The number of hydrogen-bond acceptors (Lipinski definition) is 8. The normalized spacial score (nSPS) is 12.5. The van der Waals surface area contributed by atoms with Crippen LogP contribution >= 0.6 is 22.7 Å². The number of carbonyl (C=O) groups is 2. The largest absolute Gasteiger partial charge is 0.365 e. The molecule has 0 spiro atoms. The van der Waals surface area contributed by atoms with E-state index in [1.54, 1.807) is 13.8 Å². The molecule has 1 atom stereocenters. The van der Waals surface area contributed by atoms with E-state index in [0.29, 0.717) is 32.2 Å². The Hall–Kier alpha value is -2.66. The van der Waals surface area contributed by atoms with Crippen LogP contribution in [0.1, 0.15) is 59.4 Å². The molecule has 3 aromatic heterocycles. The lowest BCUT2D eigenvalue weighted by Crippen LogP contribution is -2.33. The molecule has 3 heterocycles. The number of nitrogens with zero attached hydrogens (tertiary/aromatic N) is 4. The highest BCUT2D eigenvalue weighted by atomic mass is 32.1. The Morgan fingerprint density at radius 1 is 1.29 bits per heavy atom. The van der Waals surface area contributed by atoms with Crippen LogP contribution < -0.4 is 16.6 Å². The molecule has 3 rings (SSSR count). The van der Waals surface area contributed by atoms with Crippen LogP contribution in [-0.2, 0) is 4.79 Å². The molecule has 9 nitrogen and oxygen atoms in total. The van der Waals surface area contributed by atoms with Gasteiger partial charge in [0.1, 0.15) is 15.9 Å². The van der Waals surface area contributed by atoms with Gasteiger partial charge >= 0.3 is 0 Å². The highest BCUT2D eigenvalue weighted by molar-refractivity contribution is 7.20. The summed E-state index contributed by atoms with van der Waals surface area (Å²) in [6, 6.07) is -0.771. The Kier molecular flexibility index (Phi) is 5.57. The Morgan fingerprint density at radius 2 is 2.00 bits per heavy atom. The van der Waals surface area contributed by atoms with Gasteiger partial charge in [-0.05, 0) is 18.9 Å². The quantitative estimate of drug-likeness (QED) is 0.629. The number of thiophene rings is 1. The van der Waals surface area contributed by atoms with E-state index < -0.39 is 11.9 Å². The zero-order chi connectivity index (χ0) is 20.6. The van der Waals surface area contributed by atoms with E-state index in [-0.39, 0.29) is 17.4 Å². The first-order valence-corrected chi connectivity index (χ1v) is 10.3. The first-order chi connectivity index (χ1) is 13.2. The molecule has 0 fully saturated rings. The molecular weight excluding hydrogens is 400 g/mol. The van der Waals surface area contributed by atoms with Gasteiger partial charge in [-0.2, -0.15) is 0 Å². The molecule has 3 N–H and O–H groups in total. The van der Waals surface area contributed by atoms with Gasteiger partial charge in [-0.25, -0.2) is 4.98 Å². The maximum absolute atomic E-state index is 13.0. The lowest BCUT2D eigenvalue weighted by Gasteiger charge is -2.16. The van der Waals surface area contributed by atoms with Crippen molar-refractivity contribution < 1.29 is 9.59 Å². The minimum absolute atomic E-state index is 0.209. The molecule has 0 bridgehead atoms. The molecule has 3 aromatic rings. The topological polar surface area (TPSA) is 133 Å². The number of nitrogens with one attached hydrogen (secondary N) is 1. The average molecular weight is 421 g/mol. The van der Waals surface area contributed by atoms with E-state index in [1.165, 1.54) is 22.2 Å². The van der Waals surface area contributed by atoms with E-state index in [4.69, 9.17) is 5.73 Å². The fraction of sp³-hybridized carbons (Fsp3) is 0.412. The smallest absolute Gasteiger partial charge is 0.263 e. The van der Waals surface area contributed by atoms with E-state index in [1.807, 2.05) is 13.8 Å². The molecular formula is C17H20N6O3S2. The Balaban J connectivity index is 1.97. The summed E-state index contributed by atoms with van der Waals surface area (Å²) in [6.07, 6.45) is 1.71. The summed E-state index contributed by atoms with van der Waals surface area (Å²) in [6.45, 7) is 7.44. The van der Waals surface area contributed by atoms with Crippen molar-refractivity contribution in [1.82, 2.24) is 19.7 Å². The fourth-order valence-electron chi connectivity index (χ4n) is 2.81. The number of fused-ring (bicyclic) bond motifs is 1. The van der Waals surface area contributed by atoms with Gasteiger partial charge in [0, 0.05) is 5.92 Å². The first kappa shape index (κ1) is 20.1. The predicted octanol–water partition coefficient (Wildman–Crippen LogP) is 2.43. The monoisotopic (exact) mass is 420 g/mol. The van der Waals surface area contributed by atoms with Crippen molar-refractivity contribution >= 4 is 49.8 Å². The molecule has 0 aromatic carbocycles. The van der Waals surface area contributed by atoms with Crippen LogP contribution in [0.5, 0.6) is 0 Å². The van der Waals surface area contributed by atoms with Crippen molar-refractivity contribution in [2.45, 2.75) is 46.1 Å². The minimum Gasteiger partial charge on any atom is -0.365 e. The summed E-state index contributed by atoms with van der Waals surface area (Å²) in [5, 5.41) is 12.3. The van der Waals surface area contributed by atoms with Gasteiger partial charge in [0.2, 0.25) is 11.0 Å². The third-order valence-electron chi connectivity index (χ3n) is 4.29. The van der Waals surface area contributed by atoms with Gasteiger partial charge in [0.05, 0.1) is 16.6 Å². The lowest BCUT2D eigenvalue weighted by atomic mass is 10.1. The highest BCUT2D eigenvalue weighted by Crippen LogP contribution is 2.27. The fourth-order valence-corrected chi connectivity index (χ4v) is 4.55. The number of amides is 2. The molecule has 0 aliphatic rings. The second kappa shape index (κ2) is 7.76. The van der Waals surface area contributed by atoms with Crippen LogP contribution in [0.25, 0.3) is 10.2 Å². The number of nitrogens with two attached hydrogens (primary N) is 1. The number of hydrogen-bond donors (Lipinski definition) is 2. The summed E-state index contributed by atoms with van der Waals surface area (Å²) in [7, 11) is 0. The van der Waals surface area contributed by atoms with Gasteiger partial charge in [-0.3, -0.25) is 24.3 Å². The minimum atomic E-state index is -0.771. The molecule has 11 heteroatoms. The van der Waals surface area contributed by atoms with Crippen LogP contribution in [0.2, 0.25) is 0 Å². The first-order valence-electron chi connectivity index (χ1n) is 8.68. The van der Waals surface area contributed by atoms with E-state index in [2.05, 4.69) is 20.5 Å².